The van der Waals surface area contributed by atoms with Crippen LogP contribution in [0, 0.1) is 0 Å². The zero-order valence-electron chi connectivity index (χ0n) is 8.63. The first-order valence-electron chi connectivity index (χ1n) is 4.49. The first-order chi connectivity index (χ1) is 7.15. The number of hydrogen-bond acceptors (Lipinski definition) is 3. The van der Waals surface area contributed by atoms with E-state index < -0.39 is 0 Å². The van der Waals surface area contributed by atoms with Crippen LogP contribution in [0.4, 0.5) is 5.69 Å². The summed E-state index contributed by atoms with van der Waals surface area (Å²) in [6.07, 6.45) is 0. The van der Waals surface area contributed by atoms with E-state index in [4.69, 9.17) is 0 Å². The van der Waals surface area contributed by atoms with Crippen LogP contribution in [0.25, 0.3) is 0 Å². The van der Waals surface area contributed by atoms with Gasteiger partial charge in [0, 0.05) is 14.0 Å². The van der Waals surface area contributed by atoms with E-state index in [0.29, 0.717) is 11.3 Å². The van der Waals surface area contributed by atoms with Crippen molar-refractivity contribution in [2.24, 2.45) is 0 Å². The third kappa shape index (κ3) is 3.07. The van der Waals surface area contributed by atoms with Crippen LogP contribution >= 0.6 is 0 Å². The molecule has 0 atom stereocenters. The fourth-order valence-corrected chi connectivity index (χ4v) is 1.16. The Morgan fingerprint density at radius 3 is 2.47 bits per heavy atom. The SMILES string of the molecule is CNNC(=O)c1ccccc1NC(C)=O. The zero-order chi connectivity index (χ0) is 11.3. The second kappa shape index (κ2) is 5.11. The van der Waals surface area contributed by atoms with E-state index in [1.54, 1.807) is 31.3 Å². The van der Waals surface area contributed by atoms with E-state index in [2.05, 4.69) is 16.2 Å². The maximum absolute atomic E-state index is 11.5. The lowest BCUT2D eigenvalue weighted by atomic mass is 10.1. The lowest BCUT2D eigenvalue weighted by molar-refractivity contribution is -0.114. The number of benzene rings is 1. The Morgan fingerprint density at radius 2 is 1.87 bits per heavy atom. The molecule has 80 valence electrons. The highest BCUT2D eigenvalue weighted by Gasteiger charge is 2.10. The van der Waals surface area contributed by atoms with Crippen molar-refractivity contribution in [3.63, 3.8) is 0 Å². The average molecular weight is 207 g/mol. The molecule has 3 N–H and O–H groups in total. The van der Waals surface area contributed by atoms with Gasteiger partial charge < -0.3 is 5.32 Å². The Hall–Kier alpha value is -1.88. The number of carbonyl (C=O) groups excluding carboxylic acids is 2. The smallest absolute Gasteiger partial charge is 0.267 e. The second-order valence-electron chi connectivity index (χ2n) is 2.93. The predicted octanol–water partition coefficient (Wildman–Crippen LogP) is 0.509. The van der Waals surface area contributed by atoms with E-state index in [1.807, 2.05) is 0 Å². The molecule has 0 aliphatic rings. The van der Waals surface area contributed by atoms with Gasteiger partial charge in [0.1, 0.15) is 0 Å². The zero-order valence-corrected chi connectivity index (χ0v) is 8.63. The molecule has 0 heterocycles. The summed E-state index contributed by atoms with van der Waals surface area (Å²) in [7, 11) is 1.60. The predicted molar refractivity (Wildman–Crippen MR) is 57.3 cm³/mol. The second-order valence-corrected chi connectivity index (χ2v) is 2.93. The van der Waals surface area contributed by atoms with Crippen molar-refractivity contribution in [3.05, 3.63) is 29.8 Å². The molecule has 0 aromatic heterocycles. The molecule has 0 fully saturated rings. The average Bonchev–Trinajstić information content (AvgIpc) is 2.18. The first-order valence-corrected chi connectivity index (χ1v) is 4.49. The number of rotatable bonds is 3. The molecule has 15 heavy (non-hydrogen) atoms. The molecule has 0 unspecified atom stereocenters. The maximum Gasteiger partial charge on any atom is 0.267 e. The van der Waals surface area contributed by atoms with E-state index in [-0.39, 0.29) is 11.8 Å². The number of anilines is 1. The number of hydrazine groups is 1. The number of hydrogen-bond donors (Lipinski definition) is 3. The molecule has 1 aromatic carbocycles. The van der Waals surface area contributed by atoms with Crippen molar-refractivity contribution < 1.29 is 9.59 Å². The fraction of sp³-hybridized carbons (Fsp3) is 0.200. The van der Waals surface area contributed by atoms with Crippen molar-refractivity contribution in [2.45, 2.75) is 6.92 Å². The fourth-order valence-electron chi connectivity index (χ4n) is 1.16. The molecular formula is C10H13N3O2. The first kappa shape index (κ1) is 11.2. The summed E-state index contributed by atoms with van der Waals surface area (Å²) in [5.41, 5.74) is 5.89. The summed E-state index contributed by atoms with van der Waals surface area (Å²) in [5.74, 6) is -0.499. The summed E-state index contributed by atoms with van der Waals surface area (Å²) < 4.78 is 0. The van der Waals surface area contributed by atoms with Gasteiger partial charge in [-0.2, -0.15) is 0 Å². The molecule has 0 spiro atoms. The van der Waals surface area contributed by atoms with Gasteiger partial charge in [0.2, 0.25) is 5.91 Å². The number of nitrogens with one attached hydrogen (secondary N) is 3. The summed E-state index contributed by atoms with van der Waals surface area (Å²) in [5, 5.41) is 2.59. The monoisotopic (exact) mass is 207 g/mol. The molecule has 0 aliphatic heterocycles. The van der Waals surface area contributed by atoms with E-state index in [0.717, 1.165) is 0 Å². The summed E-state index contributed by atoms with van der Waals surface area (Å²) in [4.78, 5) is 22.4. The molecule has 5 nitrogen and oxygen atoms in total. The van der Waals surface area contributed by atoms with Crippen molar-refractivity contribution >= 4 is 17.5 Å². The highest BCUT2D eigenvalue weighted by atomic mass is 16.2. The van der Waals surface area contributed by atoms with E-state index in [9.17, 15) is 9.59 Å². The summed E-state index contributed by atoms with van der Waals surface area (Å²) >= 11 is 0. The normalized spacial score (nSPS) is 9.47. The molecule has 5 heteroatoms. The van der Waals surface area contributed by atoms with Crippen LogP contribution in [0.1, 0.15) is 17.3 Å². The van der Waals surface area contributed by atoms with Crippen molar-refractivity contribution in [1.82, 2.24) is 10.9 Å². The van der Waals surface area contributed by atoms with Crippen molar-refractivity contribution in [3.8, 4) is 0 Å². The van der Waals surface area contributed by atoms with Crippen LogP contribution in [0.15, 0.2) is 24.3 Å². The molecule has 1 rings (SSSR count). The van der Waals surface area contributed by atoms with Gasteiger partial charge in [-0.05, 0) is 12.1 Å². The summed E-state index contributed by atoms with van der Waals surface area (Å²) in [6, 6.07) is 6.79. The highest BCUT2D eigenvalue weighted by molar-refractivity contribution is 6.03. The van der Waals surface area contributed by atoms with Gasteiger partial charge in [-0.3, -0.25) is 15.0 Å². The van der Waals surface area contributed by atoms with Gasteiger partial charge in [0.15, 0.2) is 0 Å². The number of carbonyl (C=O) groups is 2. The minimum atomic E-state index is -0.290. The summed E-state index contributed by atoms with van der Waals surface area (Å²) in [6.45, 7) is 1.40. The third-order valence-electron chi connectivity index (χ3n) is 1.72. The van der Waals surface area contributed by atoms with Gasteiger partial charge in [-0.25, -0.2) is 5.43 Å². The largest absolute Gasteiger partial charge is 0.326 e. The Kier molecular flexibility index (Phi) is 3.82. The molecule has 2 amide bonds. The van der Waals surface area contributed by atoms with Crippen LogP contribution in [0.3, 0.4) is 0 Å². The highest BCUT2D eigenvalue weighted by Crippen LogP contribution is 2.14. The topological polar surface area (TPSA) is 70.2 Å². The Morgan fingerprint density at radius 1 is 1.20 bits per heavy atom. The Balaban J connectivity index is 2.95. The van der Waals surface area contributed by atoms with Gasteiger partial charge >= 0.3 is 0 Å². The van der Waals surface area contributed by atoms with Crippen LogP contribution in [-0.4, -0.2) is 18.9 Å². The van der Waals surface area contributed by atoms with Crippen LogP contribution < -0.4 is 16.2 Å². The minimum Gasteiger partial charge on any atom is -0.326 e. The molecule has 1 aromatic rings. The van der Waals surface area contributed by atoms with E-state index >= 15 is 0 Å². The molecule has 0 bridgehead atoms. The Bertz CT molecular complexity index is 377. The molecule has 0 radical (unpaired) electrons. The minimum absolute atomic E-state index is 0.209. The van der Waals surface area contributed by atoms with Gasteiger partial charge in [-0.1, -0.05) is 12.1 Å². The molecule has 0 saturated carbocycles. The van der Waals surface area contributed by atoms with E-state index in [1.165, 1.54) is 6.92 Å². The van der Waals surface area contributed by atoms with Gasteiger partial charge in [-0.15, -0.1) is 0 Å². The number of para-hydroxylation sites is 1. The molecular weight excluding hydrogens is 194 g/mol. The number of amides is 2. The van der Waals surface area contributed by atoms with Gasteiger partial charge in [0.05, 0.1) is 11.3 Å². The quantitative estimate of drug-likeness (QED) is 0.632. The van der Waals surface area contributed by atoms with Crippen LogP contribution in [-0.2, 0) is 4.79 Å². The molecule has 0 saturated heterocycles. The third-order valence-corrected chi connectivity index (χ3v) is 1.72. The maximum atomic E-state index is 11.5. The van der Waals surface area contributed by atoms with Crippen LogP contribution in [0.2, 0.25) is 0 Å². The van der Waals surface area contributed by atoms with Crippen molar-refractivity contribution in [1.29, 1.82) is 0 Å². The standard InChI is InChI=1S/C10H13N3O2/c1-7(14)12-9-6-4-3-5-8(9)10(15)13-11-2/h3-6,11H,1-2H3,(H,12,14)(H,13,15). The lowest BCUT2D eigenvalue weighted by Crippen LogP contribution is -2.34. The molecule has 0 aliphatic carbocycles. The Labute approximate surface area is 87.8 Å². The van der Waals surface area contributed by atoms with Crippen LogP contribution in [0.5, 0.6) is 0 Å². The lowest BCUT2D eigenvalue weighted by Gasteiger charge is -2.09. The van der Waals surface area contributed by atoms with Crippen molar-refractivity contribution in [2.75, 3.05) is 12.4 Å². The van der Waals surface area contributed by atoms with Gasteiger partial charge in [0.25, 0.3) is 5.91 Å².